The average molecular weight is 391 g/mol. The lowest BCUT2D eigenvalue weighted by atomic mass is 9.99. The van der Waals surface area contributed by atoms with Crippen LogP contribution in [-0.2, 0) is 20.9 Å². The Hall–Kier alpha value is -3.10. The van der Waals surface area contributed by atoms with Crippen LogP contribution in [0.4, 0.5) is 0 Å². The zero-order valence-electron chi connectivity index (χ0n) is 16.6. The molecule has 2 unspecified atom stereocenters. The number of esters is 1. The van der Waals surface area contributed by atoms with Crippen LogP contribution in [0.15, 0.2) is 23.3 Å². The summed E-state index contributed by atoms with van der Waals surface area (Å²) in [5, 5.41) is 2.93. The molecule has 0 fully saturated rings. The van der Waals surface area contributed by atoms with Gasteiger partial charge >= 0.3 is 5.97 Å². The molecule has 28 heavy (non-hydrogen) atoms. The smallest absolute Gasteiger partial charge is 0.328 e. The van der Waals surface area contributed by atoms with Gasteiger partial charge in [0.05, 0.1) is 38.6 Å². The quantitative estimate of drug-likeness (QED) is 0.672. The second-order valence-electron chi connectivity index (χ2n) is 6.36. The van der Waals surface area contributed by atoms with E-state index in [9.17, 15) is 14.4 Å². The number of carbonyl (C=O) groups excluding carboxylic acids is 2. The van der Waals surface area contributed by atoms with Crippen LogP contribution < -0.4 is 20.3 Å². The van der Waals surface area contributed by atoms with Crippen LogP contribution in [0.5, 0.6) is 11.5 Å². The van der Waals surface area contributed by atoms with Crippen molar-refractivity contribution < 1.29 is 23.8 Å². The van der Waals surface area contributed by atoms with Gasteiger partial charge in [-0.1, -0.05) is 20.3 Å². The van der Waals surface area contributed by atoms with Crippen molar-refractivity contribution in [1.82, 2.24) is 14.9 Å². The Bertz CT molecular complexity index is 924. The van der Waals surface area contributed by atoms with Crippen molar-refractivity contribution in [2.45, 2.75) is 32.9 Å². The highest BCUT2D eigenvalue weighted by Gasteiger charge is 2.26. The van der Waals surface area contributed by atoms with E-state index in [1.54, 1.807) is 6.07 Å². The van der Waals surface area contributed by atoms with E-state index in [1.807, 2.05) is 13.8 Å². The predicted molar refractivity (Wildman–Crippen MR) is 103 cm³/mol. The zero-order chi connectivity index (χ0) is 20.8. The number of fused-ring (bicyclic) bond motifs is 1. The first-order valence-electron chi connectivity index (χ1n) is 8.84. The van der Waals surface area contributed by atoms with Gasteiger partial charge in [-0.05, 0) is 12.0 Å². The fourth-order valence-electron chi connectivity index (χ4n) is 2.77. The third kappa shape index (κ3) is 4.41. The zero-order valence-corrected chi connectivity index (χ0v) is 16.6. The molecule has 0 saturated heterocycles. The molecule has 2 rings (SSSR count). The minimum atomic E-state index is -0.782. The van der Waals surface area contributed by atoms with E-state index in [2.05, 4.69) is 10.3 Å². The van der Waals surface area contributed by atoms with E-state index in [0.717, 1.165) is 0 Å². The lowest BCUT2D eigenvalue weighted by Gasteiger charge is -2.22. The molecule has 0 aliphatic rings. The number of amides is 1. The Morgan fingerprint density at radius 2 is 1.82 bits per heavy atom. The summed E-state index contributed by atoms with van der Waals surface area (Å²) in [4.78, 5) is 41.3. The Morgan fingerprint density at radius 3 is 2.39 bits per heavy atom. The molecule has 0 aliphatic carbocycles. The van der Waals surface area contributed by atoms with Crippen LogP contribution in [0, 0.1) is 5.92 Å². The van der Waals surface area contributed by atoms with Gasteiger partial charge < -0.3 is 19.5 Å². The maximum absolute atomic E-state index is 12.8. The van der Waals surface area contributed by atoms with Gasteiger partial charge in [-0.25, -0.2) is 9.78 Å². The van der Waals surface area contributed by atoms with Gasteiger partial charge in [0.25, 0.3) is 5.56 Å². The van der Waals surface area contributed by atoms with Gasteiger partial charge in [0.2, 0.25) is 5.91 Å². The first kappa shape index (κ1) is 21.2. The van der Waals surface area contributed by atoms with E-state index >= 15 is 0 Å². The summed E-state index contributed by atoms with van der Waals surface area (Å²) < 4.78 is 16.4. The molecular weight excluding hydrogens is 366 g/mol. The third-order valence-electron chi connectivity index (χ3n) is 4.63. The molecule has 1 N–H and O–H groups in total. The van der Waals surface area contributed by atoms with Crippen LogP contribution >= 0.6 is 0 Å². The summed E-state index contributed by atoms with van der Waals surface area (Å²) in [6.45, 7) is 3.47. The number of methoxy groups -OCH3 is 3. The molecule has 9 nitrogen and oxygen atoms in total. The van der Waals surface area contributed by atoms with E-state index < -0.39 is 23.5 Å². The molecule has 152 valence electrons. The normalized spacial score (nSPS) is 12.9. The Balaban J connectivity index is 2.30. The van der Waals surface area contributed by atoms with Crippen LogP contribution in [-0.4, -0.2) is 48.8 Å². The maximum atomic E-state index is 12.8. The fraction of sp³-hybridized carbons (Fsp3) is 0.474. The number of aromatic nitrogens is 2. The van der Waals surface area contributed by atoms with Crippen LogP contribution in [0.3, 0.4) is 0 Å². The number of rotatable bonds is 8. The molecule has 0 radical (unpaired) electrons. The van der Waals surface area contributed by atoms with Crippen molar-refractivity contribution in [3.05, 3.63) is 28.8 Å². The molecule has 2 atom stereocenters. The van der Waals surface area contributed by atoms with E-state index in [0.29, 0.717) is 28.8 Å². The highest BCUT2D eigenvalue weighted by molar-refractivity contribution is 5.85. The Morgan fingerprint density at radius 1 is 1.18 bits per heavy atom. The van der Waals surface area contributed by atoms with E-state index in [4.69, 9.17) is 14.2 Å². The first-order chi connectivity index (χ1) is 13.4. The number of nitrogens with one attached hydrogen (secondary N) is 1. The van der Waals surface area contributed by atoms with Crippen molar-refractivity contribution in [1.29, 1.82) is 0 Å². The van der Waals surface area contributed by atoms with E-state index in [1.165, 1.54) is 38.3 Å². The third-order valence-corrected chi connectivity index (χ3v) is 4.63. The minimum absolute atomic E-state index is 0.112. The number of hydrogen-bond acceptors (Lipinski definition) is 7. The van der Waals surface area contributed by atoms with Crippen LogP contribution in [0.1, 0.15) is 20.3 Å². The monoisotopic (exact) mass is 391 g/mol. The number of nitrogens with zero attached hydrogens (tertiary/aromatic N) is 2. The first-order valence-corrected chi connectivity index (χ1v) is 8.84. The second-order valence-corrected chi connectivity index (χ2v) is 6.36. The number of carbonyl (C=O) groups is 2. The highest BCUT2D eigenvalue weighted by atomic mass is 16.5. The molecular formula is C19H25N3O6. The summed E-state index contributed by atoms with van der Waals surface area (Å²) >= 11 is 0. The standard InChI is InChI=1S/C19H25N3O6/c1-6-11(2)17(19(25)28-5)21-16(23)9-22-10-20-13-8-15(27-4)14(26-3)7-12(13)18(22)24/h7-8,10-11,17H,6,9H2,1-5H3,(H,21,23). The Labute approximate surface area is 162 Å². The molecule has 1 aromatic carbocycles. The van der Waals surface area contributed by atoms with Gasteiger partial charge in [-0.15, -0.1) is 0 Å². The lowest BCUT2D eigenvalue weighted by Crippen LogP contribution is -2.47. The highest BCUT2D eigenvalue weighted by Crippen LogP contribution is 2.29. The largest absolute Gasteiger partial charge is 0.493 e. The number of hydrogen-bond donors (Lipinski definition) is 1. The summed E-state index contributed by atoms with van der Waals surface area (Å²) in [5.41, 5.74) is 0.0191. The summed E-state index contributed by atoms with van der Waals surface area (Å²) in [5.74, 6) is -0.284. The molecule has 1 heterocycles. The Kier molecular flexibility index (Phi) is 6.97. The number of benzene rings is 1. The molecule has 0 bridgehead atoms. The molecule has 0 saturated carbocycles. The van der Waals surface area contributed by atoms with Gasteiger partial charge in [-0.3, -0.25) is 14.2 Å². The van der Waals surface area contributed by atoms with Gasteiger partial charge in [-0.2, -0.15) is 0 Å². The minimum Gasteiger partial charge on any atom is -0.493 e. The molecule has 1 amide bonds. The molecule has 1 aromatic heterocycles. The SMILES string of the molecule is CCC(C)C(NC(=O)Cn1cnc2cc(OC)c(OC)cc2c1=O)C(=O)OC. The van der Waals surface area contributed by atoms with Gasteiger partial charge in [0, 0.05) is 6.07 Å². The summed E-state index contributed by atoms with van der Waals surface area (Å²) in [6.07, 6.45) is 1.96. The van der Waals surface area contributed by atoms with Crippen molar-refractivity contribution in [3.8, 4) is 11.5 Å². The van der Waals surface area contributed by atoms with E-state index in [-0.39, 0.29) is 12.5 Å². The fourth-order valence-corrected chi connectivity index (χ4v) is 2.77. The molecule has 9 heteroatoms. The summed E-state index contributed by atoms with van der Waals surface area (Å²) in [7, 11) is 4.22. The van der Waals surface area contributed by atoms with Gasteiger partial charge in [0.1, 0.15) is 12.6 Å². The van der Waals surface area contributed by atoms with Crippen molar-refractivity contribution >= 4 is 22.8 Å². The molecule has 0 spiro atoms. The second kappa shape index (κ2) is 9.20. The lowest BCUT2D eigenvalue weighted by molar-refractivity contribution is -0.146. The van der Waals surface area contributed by atoms with Crippen LogP contribution in [0.2, 0.25) is 0 Å². The average Bonchev–Trinajstić information content (AvgIpc) is 2.71. The van der Waals surface area contributed by atoms with Crippen molar-refractivity contribution in [2.75, 3.05) is 21.3 Å². The van der Waals surface area contributed by atoms with Crippen molar-refractivity contribution in [3.63, 3.8) is 0 Å². The summed E-state index contributed by atoms with van der Waals surface area (Å²) in [6, 6.07) is 2.33. The molecule has 2 aromatic rings. The maximum Gasteiger partial charge on any atom is 0.328 e. The van der Waals surface area contributed by atoms with Gasteiger partial charge in [0.15, 0.2) is 11.5 Å². The topological polar surface area (TPSA) is 109 Å². The molecule has 0 aliphatic heterocycles. The number of ether oxygens (including phenoxy) is 3. The van der Waals surface area contributed by atoms with Crippen molar-refractivity contribution in [2.24, 2.45) is 5.92 Å². The predicted octanol–water partition coefficient (Wildman–Crippen LogP) is 1.12. The van der Waals surface area contributed by atoms with Crippen LogP contribution in [0.25, 0.3) is 10.9 Å².